The third-order valence-corrected chi connectivity index (χ3v) is 4.34. The lowest BCUT2D eigenvalue weighted by molar-refractivity contribution is -0.136. The van der Waals surface area contributed by atoms with Crippen molar-refractivity contribution in [2.24, 2.45) is 0 Å². The van der Waals surface area contributed by atoms with Gasteiger partial charge in [0.05, 0.1) is 30.3 Å². The van der Waals surface area contributed by atoms with Gasteiger partial charge in [-0.25, -0.2) is 0 Å². The summed E-state index contributed by atoms with van der Waals surface area (Å²) in [7, 11) is 1.57. The van der Waals surface area contributed by atoms with E-state index in [2.05, 4.69) is 10.6 Å². The molecule has 0 radical (unpaired) electrons. The molecule has 0 fully saturated rings. The number of anilines is 1. The van der Waals surface area contributed by atoms with Gasteiger partial charge in [0, 0.05) is 17.6 Å². The molecule has 0 unspecified atom stereocenters. The minimum absolute atomic E-state index is 0.0283. The minimum atomic E-state index is -0.365. The van der Waals surface area contributed by atoms with Gasteiger partial charge in [-0.15, -0.1) is 0 Å². The Bertz CT molecular complexity index is 735. The highest BCUT2D eigenvalue weighted by molar-refractivity contribution is 6.36. The predicted octanol–water partition coefficient (Wildman–Crippen LogP) is 3.02. The quantitative estimate of drug-likeness (QED) is 0.613. The number of carbonyl (C=O) groups excluding carboxylic acids is 3. The van der Waals surface area contributed by atoms with E-state index in [0.29, 0.717) is 22.3 Å². The van der Waals surface area contributed by atoms with Crippen molar-refractivity contribution in [2.75, 3.05) is 38.5 Å². The van der Waals surface area contributed by atoms with Crippen molar-refractivity contribution in [3.05, 3.63) is 28.2 Å². The number of hydrogen-bond acceptors (Lipinski definition) is 4. The number of nitrogens with one attached hydrogen (secondary N) is 2. The molecule has 0 aliphatic rings. The Morgan fingerprint density at radius 3 is 2.24 bits per heavy atom. The molecule has 0 spiro atoms. The van der Waals surface area contributed by atoms with Crippen LogP contribution in [0.2, 0.25) is 10.0 Å². The lowest BCUT2D eigenvalue weighted by Gasteiger charge is -2.26. The van der Waals surface area contributed by atoms with Crippen LogP contribution in [-0.4, -0.2) is 66.3 Å². The summed E-state index contributed by atoms with van der Waals surface area (Å²) >= 11 is 11.9. The van der Waals surface area contributed by atoms with Crippen LogP contribution < -0.4 is 10.6 Å². The Labute approximate surface area is 182 Å². The molecular weight excluding hydrogens is 415 g/mol. The highest BCUT2D eigenvalue weighted by Gasteiger charge is 2.20. The first-order valence-corrected chi connectivity index (χ1v) is 10.2. The first-order valence-electron chi connectivity index (χ1n) is 9.43. The number of halogens is 2. The summed E-state index contributed by atoms with van der Waals surface area (Å²) in [5.74, 6) is -0.756. The van der Waals surface area contributed by atoms with Gasteiger partial charge in [-0.3, -0.25) is 19.3 Å². The van der Waals surface area contributed by atoms with Gasteiger partial charge in [-0.05, 0) is 51.9 Å². The number of amides is 3. The largest absolute Gasteiger partial charge is 0.350 e. The molecule has 1 aromatic carbocycles. The highest BCUT2D eigenvalue weighted by Crippen LogP contribution is 2.25. The number of likely N-dealkylation sites (N-methyl/N-ethyl adjacent to an activating group) is 1. The normalized spacial score (nSPS) is 11.3. The molecule has 2 N–H and O–H groups in total. The standard InChI is InChI=1S/C20H30Cl2N4O3/c1-6-9-26(12-17(27)23-16-8-7-14(21)10-15(16)22)13-19(29)25(5)11-18(28)24-20(2,3)4/h7-8,10H,6,9,11-13H2,1-5H3,(H,23,27)(H,24,28). The van der Waals surface area contributed by atoms with E-state index in [1.165, 1.54) is 4.90 Å². The maximum Gasteiger partial charge on any atom is 0.240 e. The molecular formula is C20H30Cl2N4O3. The Morgan fingerprint density at radius 1 is 1.03 bits per heavy atom. The van der Waals surface area contributed by atoms with E-state index >= 15 is 0 Å². The van der Waals surface area contributed by atoms with Gasteiger partial charge in [-0.2, -0.15) is 0 Å². The molecule has 0 saturated heterocycles. The number of carbonyl (C=O) groups is 3. The van der Waals surface area contributed by atoms with Crippen LogP contribution in [0.5, 0.6) is 0 Å². The predicted molar refractivity (Wildman–Crippen MR) is 117 cm³/mol. The average molecular weight is 445 g/mol. The van der Waals surface area contributed by atoms with Gasteiger partial charge >= 0.3 is 0 Å². The molecule has 9 heteroatoms. The molecule has 0 aromatic heterocycles. The van der Waals surface area contributed by atoms with Gasteiger partial charge in [0.1, 0.15) is 0 Å². The van der Waals surface area contributed by atoms with Crippen LogP contribution in [0.1, 0.15) is 34.1 Å². The summed E-state index contributed by atoms with van der Waals surface area (Å²) in [4.78, 5) is 40.0. The molecule has 0 saturated carbocycles. The third-order valence-electron chi connectivity index (χ3n) is 3.79. The molecule has 1 aromatic rings. The Balaban J connectivity index is 2.63. The van der Waals surface area contributed by atoms with Crippen molar-refractivity contribution in [3.63, 3.8) is 0 Å². The number of nitrogens with zero attached hydrogens (tertiary/aromatic N) is 2. The van der Waals surface area contributed by atoms with Crippen LogP contribution >= 0.6 is 23.2 Å². The van der Waals surface area contributed by atoms with Crippen LogP contribution in [0.15, 0.2) is 18.2 Å². The van der Waals surface area contributed by atoms with Gasteiger partial charge in [0.25, 0.3) is 0 Å². The first kappa shape index (κ1) is 25.2. The van der Waals surface area contributed by atoms with E-state index in [1.54, 1.807) is 30.1 Å². The summed E-state index contributed by atoms with van der Waals surface area (Å²) in [5, 5.41) is 6.36. The Morgan fingerprint density at radius 2 is 1.69 bits per heavy atom. The zero-order valence-electron chi connectivity index (χ0n) is 17.6. The monoisotopic (exact) mass is 444 g/mol. The fourth-order valence-electron chi connectivity index (χ4n) is 2.59. The van der Waals surface area contributed by atoms with Gasteiger partial charge in [0.15, 0.2) is 0 Å². The maximum atomic E-state index is 12.5. The van der Waals surface area contributed by atoms with Gasteiger partial charge in [-0.1, -0.05) is 30.1 Å². The SMILES string of the molecule is CCCN(CC(=O)Nc1ccc(Cl)cc1Cl)CC(=O)N(C)CC(=O)NC(C)(C)C. The van der Waals surface area contributed by atoms with E-state index in [4.69, 9.17) is 23.2 Å². The number of hydrogen-bond donors (Lipinski definition) is 2. The van der Waals surface area contributed by atoms with Crippen LogP contribution in [0.3, 0.4) is 0 Å². The molecule has 29 heavy (non-hydrogen) atoms. The lowest BCUT2D eigenvalue weighted by atomic mass is 10.1. The van der Waals surface area contributed by atoms with E-state index < -0.39 is 0 Å². The maximum absolute atomic E-state index is 12.5. The van der Waals surface area contributed by atoms with E-state index in [-0.39, 0.29) is 42.9 Å². The van der Waals surface area contributed by atoms with E-state index in [9.17, 15) is 14.4 Å². The first-order chi connectivity index (χ1) is 13.4. The van der Waals surface area contributed by atoms with Crippen molar-refractivity contribution in [2.45, 2.75) is 39.7 Å². The zero-order valence-corrected chi connectivity index (χ0v) is 19.2. The van der Waals surface area contributed by atoms with E-state index in [1.807, 2.05) is 27.7 Å². The van der Waals surface area contributed by atoms with Gasteiger partial charge in [0.2, 0.25) is 17.7 Å². The molecule has 0 heterocycles. The Hall–Kier alpha value is -1.83. The second kappa shape index (κ2) is 11.4. The van der Waals surface area contributed by atoms with Crippen molar-refractivity contribution >= 4 is 46.6 Å². The summed E-state index contributed by atoms with van der Waals surface area (Å²) in [6.45, 7) is 8.18. The number of rotatable bonds is 9. The number of benzene rings is 1. The fourth-order valence-corrected chi connectivity index (χ4v) is 3.04. The van der Waals surface area contributed by atoms with Crippen molar-refractivity contribution < 1.29 is 14.4 Å². The minimum Gasteiger partial charge on any atom is -0.350 e. The lowest BCUT2D eigenvalue weighted by Crippen LogP contribution is -2.48. The zero-order chi connectivity index (χ0) is 22.2. The molecule has 162 valence electrons. The summed E-state index contributed by atoms with van der Waals surface area (Å²) < 4.78 is 0. The highest BCUT2D eigenvalue weighted by atomic mass is 35.5. The van der Waals surface area contributed by atoms with E-state index in [0.717, 1.165) is 6.42 Å². The van der Waals surface area contributed by atoms with Crippen LogP contribution in [0.4, 0.5) is 5.69 Å². The molecule has 0 aliphatic carbocycles. The molecule has 0 aliphatic heterocycles. The molecule has 1 rings (SSSR count). The smallest absolute Gasteiger partial charge is 0.240 e. The molecule has 7 nitrogen and oxygen atoms in total. The summed E-state index contributed by atoms with van der Waals surface area (Å²) in [6, 6.07) is 4.80. The second-order valence-electron chi connectivity index (χ2n) is 7.93. The second-order valence-corrected chi connectivity index (χ2v) is 8.77. The average Bonchev–Trinajstić information content (AvgIpc) is 2.55. The molecule has 3 amide bonds. The third kappa shape index (κ3) is 9.96. The fraction of sp³-hybridized carbons (Fsp3) is 0.550. The van der Waals surface area contributed by atoms with Crippen LogP contribution in [-0.2, 0) is 14.4 Å². The van der Waals surface area contributed by atoms with Crippen molar-refractivity contribution in [1.29, 1.82) is 0 Å². The topological polar surface area (TPSA) is 81.8 Å². The molecule has 0 atom stereocenters. The van der Waals surface area contributed by atoms with Crippen molar-refractivity contribution in [1.82, 2.24) is 15.1 Å². The Kier molecular flexibility index (Phi) is 9.89. The van der Waals surface area contributed by atoms with Crippen molar-refractivity contribution in [3.8, 4) is 0 Å². The molecule has 0 bridgehead atoms. The van der Waals surface area contributed by atoms with Crippen LogP contribution in [0.25, 0.3) is 0 Å². The van der Waals surface area contributed by atoms with Crippen LogP contribution in [0, 0.1) is 0 Å². The summed E-state index contributed by atoms with van der Waals surface area (Å²) in [5.41, 5.74) is 0.0933. The summed E-state index contributed by atoms with van der Waals surface area (Å²) in [6.07, 6.45) is 0.774. The van der Waals surface area contributed by atoms with Gasteiger partial charge < -0.3 is 15.5 Å².